The molecular weight excluding hydrogens is 346 g/mol. The zero-order valence-electron chi connectivity index (χ0n) is 12.8. The first kappa shape index (κ1) is 18.9. The van der Waals surface area contributed by atoms with Crippen LogP contribution in [0.4, 0.5) is 0 Å². The predicted molar refractivity (Wildman–Crippen MR) is 90.3 cm³/mol. The highest BCUT2D eigenvalue weighted by Crippen LogP contribution is 2.29. The number of halogens is 1. The number of hydrogen-bond acceptors (Lipinski definition) is 5. The summed E-state index contributed by atoms with van der Waals surface area (Å²) in [6.07, 6.45) is 1.09. The summed E-state index contributed by atoms with van der Waals surface area (Å²) in [6, 6.07) is 2.74. The van der Waals surface area contributed by atoms with Gasteiger partial charge in [-0.05, 0) is 26.0 Å². The van der Waals surface area contributed by atoms with Gasteiger partial charge in [-0.15, -0.1) is 0 Å². The maximum absolute atomic E-state index is 11.9. The molecular formula is C14H18ClNO4S2. The van der Waals surface area contributed by atoms with Crippen molar-refractivity contribution >= 4 is 44.6 Å². The van der Waals surface area contributed by atoms with Crippen LogP contribution in [0.15, 0.2) is 17.0 Å². The smallest absolute Gasteiger partial charge is 0.339 e. The van der Waals surface area contributed by atoms with Crippen molar-refractivity contribution in [2.75, 3.05) is 19.9 Å². The molecule has 0 aliphatic heterocycles. The minimum absolute atomic E-state index is 0.0736. The molecule has 0 radical (unpaired) electrons. The monoisotopic (exact) mass is 363 g/mol. The summed E-state index contributed by atoms with van der Waals surface area (Å²) in [7, 11) is -1.76. The average molecular weight is 364 g/mol. The molecule has 1 aromatic rings. The first-order valence-corrected chi connectivity index (χ1v) is 9.17. The van der Waals surface area contributed by atoms with Gasteiger partial charge in [0.15, 0.2) is 9.84 Å². The number of ether oxygens (including phenoxy) is 1. The molecule has 0 unspecified atom stereocenters. The van der Waals surface area contributed by atoms with E-state index in [0.717, 1.165) is 6.26 Å². The largest absolute Gasteiger partial charge is 0.462 e. The van der Waals surface area contributed by atoms with Gasteiger partial charge in [-0.2, -0.15) is 0 Å². The Morgan fingerprint density at radius 3 is 2.45 bits per heavy atom. The lowest BCUT2D eigenvalue weighted by Crippen LogP contribution is -2.23. The predicted octanol–water partition coefficient (Wildman–Crippen LogP) is 2.70. The third-order valence-corrected chi connectivity index (χ3v) is 4.95. The highest BCUT2D eigenvalue weighted by atomic mass is 35.5. The standard InChI is InChI=1S/C14H18ClNO4S2/c1-5-20-14(17)10-6-7-12(22(4,18)19)11(13(10)15)8-16(3)9(2)21/h6-7H,5,8H2,1-4H3. The van der Waals surface area contributed by atoms with Crippen molar-refractivity contribution in [3.8, 4) is 0 Å². The van der Waals surface area contributed by atoms with E-state index >= 15 is 0 Å². The van der Waals surface area contributed by atoms with Crippen LogP contribution in [0, 0.1) is 0 Å². The Kier molecular flexibility index (Phi) is 6.34. The van der Waals surface area contributed by atoms with Crippen molar-refractivity contribution in [3.63, 3.8) is 0 Å². The number of carbonyl (C=O) groups is 1. The van der Waals surface area contributed by atoms with Crippen LogP contribution in [0.5, 0.6) is 0 Å². The molecule has 0 saturated carbocycles. The third-order valence-electron chi connectivity index (χ3n) is 3.03. The molecule has 0 fully saturated rings. The molecule has 0 aromatic heterocycles. The minimum atomic E-state index is -3.49. The quantitative estimate of drug-likeness (QED) is 0.592. The Balaban J connectivity index is 3.48. The average Bonchev–Trinajstić information content (AvgIpc) is 2.39. The van der Waals surface area contributed by atoms with Crippen molar-refractivity contribution in [2.24, 2.45) is 0 Å². The van der Waals surface area contributed by atoms with E-state index in [1.54, 1.807) is 25.8 Å². The number of esters is 1. The van der Waals surface area contributed by atoms with E-state index in [1.807, 2.05) is 0 Å². The van der Waals surface area contributed by atoms with E-state index in [4.69, 9.17) is 28.6 Å². The number of nitrogens with zero attached hydrogens (tertiary/aromatic N) is 1. The molecule has 0 N–H and O–H groups in total. The van der Waals surface area contributed by atoms with Crippen LogP contribution in [0.1, 0.15) is 29.8 Å². The Bertz CT molecular complexity index is 701. The Labute approximate surface area is 141 Å². The second-order valence-corrected chi connectivity index (χ2v) is 7.72. The highest BCUT2D eigenvalue weighted by molar-refractivity contribution is 7.90. The molecule has 0 bridgehead atoms. The molecule has 22 heavy (non-hydrogen) atoms. The van der Waals surface area contributed by atoms with E-state index in [9.17, 15) is 13.2 Å². The summed E-state index contributed by atoms with van der Waals surface area (Å²) in [5.41, 5.74) is 0.475. The molecule has 0 atom stereocenters. The van der Waals surface area contributed by atoms with Crippen molar-refractivity contribution in [2.45, 2.75) is 25.3 Å². The minimum Gasteiger partial charge on any atom is -0.462 e. The summed E-state index contributed by atoms with van der Waals surface area (Å²) >= 11 is 11.3. The third kappa shape index (κ3) is 4.41. The Morgan fingerprint density at radius 2 is 2.00 bits per heavy atom. The number of carbonyl (C=O) groups excluding carboxylic acids is 1. The Morgan fingerprint density at radius 1 is 1.41 bits per heavy atom. The first-order valence-electron chi connectivity index (χ1n) is 6.49. The molecule has 8 heteroatoms. The summed E-state index contributed by atoms with van der Waals surface area (Å²) in [5.74, 6) is -0.587. The fourth-order valence-electron chi connectivity index (χ4n) is 1.81. The van der Waals surface area contributed by atoms with Gasteiger partial charge in [-0.3, -0.25) is 0 Å². The second-order valence-electron chi connectivity index (χ2n) is 4.77. The van der Waals surface area contributed by atoms with Crippen LogP contribution < -0.4 is 0 Å². The SMILES string of the molecule is CCOC(=O)c1ccc(S(C)(=O)=O)c(CN(C)C(C)=S)c1Cl. The lowest BCUT2D eigenvalue weighted by molar-refractivity contribution is 0.0526. The second kappa shape index (κ2) is 7.39. The number of rotatable bonds is 5. The summed E-state index contributed by atoms with van der Waals surface area (Å²) in [6.45, 7) is 3.79. The molecule has 1 rings (SSSR count). The van der Waals surface area contributed by atoms with Crippen LogP contribution in [-0.2, 0) is 21.1 Å². The molecule has 0 heterocycles. The van der Waals surface area contributed by atoms with E-state index in [0.29, 0.717) is 10.6 Å². The van der Waals surface area contributed by atoms with Crippen LogP contribution in [-0.4, -0.2) is 44.2 Å². The number of sulfone groups is 1. The fraction of sp³-hybridized carbons (Fsp3) is 0.429. The van der Waals surface area contributed by atoms with Gasteiger partial charge < -0.3 is 9.64 Å². The molecule has 122 valence electrons. The van der Waals surface area contributed by atoms with Gasteiger partial charge >= 0.3 is 5.97 Å². The van der Waals surface area contributed by atoms with Gasteiger partial charge in [0.05, 0.1) is 27.1 Å². The van der Waals surface area contributed by atoms with Gasteiger partial charge in [-0.25, -0.2) is 13.2 Å². The molecule has 0 spiro atoms. The van der Waals surface area contributed by atoms with E-state index in [-0.39, 0.29) is 28.6 Å². The zero-order chi connectivity index (χ0) is 17.1. The van der Waals surface area contributed by atoms with E-state index < -0.39 is 15.8 Å². The first-order chi connectivity index (χ1) is 10.1. The van der Waals surface area contributed by atoms with Crippen molar-refractivity contribution < 1.29 is 17.9 Å². The Hall–Kier alpha value is -1.18. The van der Waals surface area contributed by atoms with E-state index in [1.165, 1.54) is 12.1 Å². The van der Waals surface area contributed by atoms with Crippen molar-refractivity contribution in [1.82, 2.24) is 4.90 Å². The highest BCUT2D eigenvalue weighted by Gasteiger charge is 2.23. The normalized spacial score (nSPS) is 11.1. The van der Waals surface area contributed by atoms with E-state index in [2.05, 4.69) is 0 Å². The van der Waals surface area contributed by atoms with Crippen LogP contribution >= 0.6 is 23.8 Å². The van der Waals surface area contributed by atoms with Crippen LogP contribution in [0.3, 0.4) is 0 Å². The van der Waals surface area contributed by atoms with Gasteiger partial charge in [0.25, 0.3) is 0 Å². The van der Waals surface area contributed by atoms with Gasteiger partial charge in [0, 0.05) is 25.4 Å². The zero-order valence-corrected chi connectivity index (χ0v) is 15.2. The number of hydrogen-bond donors (Lipinski definition) is 0. The topological polar surface area (TPSA) is 63.7 Å². The summed E-state index contributed by atoms with van der Waals surface area (Å²) < 4.78 is 28.8. The van der Waals surface area contributed by atoms with Crippen molar-refractivity contribution in [1.29, 1.82) is 0 Å². The molecule has 1 aromatic carbocycles. The maximum Gasteiger partial charge on any atom is 0.339 e. The summed E-state index contributed by atoms with van der Waals surface area (Å²) in [4.78, 5) is 14.2. The van der Waals surface area contributed by atoms with Gasteiger partial charge in [-0.1, -0.05) is 23.8 Å². The number of thiocarbonyl (C=S) groups is 1. The van der Waals surface area contributed by atoms with Gasteiger partial charge in [0.1, 0.15) is 0 Å². The molecule has 0 aliphatic carbocycles. The molecule has 5 nitrogen and oxygen atoms in total. The lowest BCUT2D eigenvalue weighted by atomic mass is 10.1. The molecule has 0 aliphatic rings. The van der Waals surface area contributed by atoms with Crippen molar-refractivity contribution in [3.05, 3.63) is 28.3 Å². The van der Waals surface area contributed by atoms with Crippen LogP contribution in [0.25, 0.3) is 0 Å². The molecule has 0 saturated heterocycles. The fourth-order valence-corrected chi connectivity index (χ4v) is 3.16. The lowest BCUT2D eigenvalue weighted by Gasteiger charge is -2.21. The van der Waals surface area contributed by atoms with Crippen LogP contribution in [0.2, 0.25) is 5.02 Å². The maximum atomic E-state index is 11.9. The van der Waals surface area contributed by atoms with Gasteiger partial charge in [0.2, 0.25) is 0 Å². The number of benzene rings is 1. The molecule has 0 amide bonds. The summed E-state index contributed by atoms with van der Waals surface area (Å²) in [5, 5.41) is 0.0736.